The number of benzene rings is 1. The van der Waals surface area contributed by atoms with Crippen LogP contribution in [0.1, 0.15) is 36.6 Å². The Bertz CT molecular complexity index is 555. The van der Waals surface area contributed by atoms with Crippen LogP contribution < -0.4 is 5.73 Å². The summed E-state index contributed by atoms with van der Waals surface area (Å²) in [4.78, 5) is 4.33. The highest BCUT2D eigenvalue weighted by atomic mass is 15.1. The molecule has 1 atom stereocenters. The van der Waals surface area contributed by atoms with Gasteiger partial charge in [0.05, 0.1) is 6.33 Å². The zero-order valence-electron chi connectivity index (χ0n) is 12.2. The van der Waals surface area contributed by atoms with E-state index in [0.29, 0.717) is 18.4 Å². The van der Waals surface area contributed by atoms with Crippen molar-refractivity contribution in [3.63, 3.8) is 0 Å². The largest absolute Gasteiger partial charge is 0.330 e. The highest BCUT2D eigenvalue weighted by Gasteiger charge is 2.19. The smallest absolute Gasteiger partial charge is 0.0994 e. The van der Waals surface area contributed by atoms with Crippen LogP contribution in [0.4, 0.5) is 0 Å². The van der Waals surface area contributed by atoms with Crippen molar-refractivity contribution in [3.8, 4) is 5.69 Å². The number of hydrogen-bond donors (Lipinski definition) is 1. The average molecular weight is 257 g/mol. The summed E-state index contributed by atoms with van der Waals surface area (Å²) in [5, 5.41) is 0. The van der Waals surface area contributed by atoms with E-state index >= 15 is 0 Å². The molecule has 2 rings (SSSR count). The average Bonchev–Trinajstić information content (AvgIpc) is 2.81. The number of rotatable bonds is 4. The molecule has 0 saturated heterocycles. The third-order valence-electron chi connectivity index (χ3n) is 3.73. The van der Waals surface area contributed by atoms with Gasteiger partial charge in [0.15, 0.2) is 0 Å². The highest BCUT2D eigenvalue weighted by Crippen LogP contribution is 2.27. The standard InChI is InChI=1S/C16H23N3/c1-11(2)14(8-17)16-9-18-10-19(16)15-7-12(3)5-6-13(15)4/h5-7,9-11,14H,8,17H2,1-4H3. The molecule has 0 fully saturated rings. The van der Waals surface area contributed by atoms with Crippen LogP contribution >= 0.6 is 0 Å². The van der Waals surface area contributed by atoms with Crippen molar-refractivity contribution in [1.82, 2.24) is 9.55 Å². The van der Waals surface area contributed by atoms with Crippen LogP contribution in [0, 0.1) is 19.8 Å². The Balaban J connectivity index is 2.52. The fraction of sp³-hybridized carbons (Fsp3) is 0.438. The molecule has 2 aromatic rings. The maximum atomic E-state index is 5.94. The van der Waals surface area contributed by atoms with Crippen molar-refractivity contribution >= 4 is 0 Å². The lowest BCUT2D eigenvalue weighted by Gasteiger charge is -2.21. The zero-order chi connectivity index (χ0) is 14.0. The lowest BCUT2D eigenvalue weighted by Crippen LogP contribution is -2.20. The topological polar surface area (TPSA) is 43.8 Å². The summed E-state index contributed by atoms with van der Waals surface area (Å²) in [5.41, 5.74) is 10.9. The van der Waals surface area contributed by atoms with Crippen LogP contribution in [0.3, 0.4) is 0 Å². The van der Waals surface area contributed by atoms with Gasteiger partial charge in [0, 0.05) is 30.0 Å². The molecule has 3 heteroatoms. The van der Waals surface area contributed by atoms with Gasteiger partial charge in [-0.25, -0.2) is 4.98 Å². The number of hydrogen-bond acceptors (Lipinski definition) is 2. The van der Waals surface area contributed by atoms with Crippen LogP contribution in [0.5, 0.6) is 0 Å². The lowest BCUT2D eigenvalue weighted by atomic mass is 9.92. The molecule has 0 bridgehead atoms. The Hall–Kier alpha value is -1.61. The second-order valence-corrected chi connectivity index (χ2v) is 5.56. The van der Waals surface area contributed by atoms with E-state index in [1.165, 1.54) is 22.5 Å². The van der Waals surface area contributed by atoms with Gasteiger partial charge in [-0.1, -0.05) is 26.0 Å². The molecule has 1 aromatic carbocycles. The first-order chi connectivity index (χ1) is 9.04. The van der Waals surface area contributed by atoms with E-state index in [0.717, 1.165) is 0 Å². The van der Waals surface area contributed by atoms with Gasteiger partial charge in [0.25, 0.3) is 0 Å². The van der Waals surface area contributed by atoms with Gasteiger partial charge in [0.1, 0.15) is 0 Å². The summed E-state index contributed by atoms with van der Waals surface area (Å²) in [6.07, 6.45) is 3.83. The van der Waals surface area contributed by atoms with Gasteiger partial charge in [-0.05, 0) is 37.0 Å². The van der Waals surface area contributed by atoms with Gasteiger partial charge in [-0.3, -0.25) is 0 Å². The van der Waals surface area contributed by atoms with E-state index < -0.39 is 0 Å². The van der Waals surface area contributed by atoms with Crippen molar-refractivity contribution in [2.45, 2.75) is 33.6 Å². The van der Waals surface area contributed by atoms with Crippen LogP contribution in [0.25, 0.3) is 5.69 Å². The number of aryl methyl sites for hydroxylation is 2. The van der Waals surface area contributed by atoms with Crippen LogP contribution in [-0.4, -0.2) is 16.1 Å². The molecule has 1 unspecified atom stereocenters. The molecule has 0 aliphatic carbocycles. The molecule has 0 aliphatic rings. The minimum atomic E-state index is 0.336. The first-order valence-corrected chi connectivity index (χ1v) is 6.84. The molecule has 0 aliphatic heterocycles. The molecule has 0 saturated carbocycles. The van der Waals surface area contributed by atoms with Gasteiger partial charge >= 0.3 is 0 Å². The normalized spacial score (nSPS) is 12.9. The predicted octanol–water partition coefficient (Wildman–Crippen LogP) is 3.19. The highest BCUT2D eigenvalue weighted by molar-refractivity contribution is 5.44. The molecule has 2 N–H and O–H groups in total. The minimum absolute atomic E-state index is 0.336. The van der Waals surface area contributed by atoms with E-state index in [1.54, 1.807) is 0 Å². The maximum Gasteiger partial charge on any atom is 0.0994 e. The maximum absolute atomic E-state index is 5.94. The SMILES string of the molecule is Cc1ccc(C)c(-n2cncc2C(CN)C(C)C)c1. The Morgan fingerprint density at radius 1 is 1.26 bits per heavy atom. The van der Waals surface area contributed by atoms with Crippen LogP contribution in [-0.2, 0) is 0 Å². The van der Waals surface area contributed by atoms with Crippen molar-refractivity contribution in [3.05, 3.63) is 47.5 Å². The monoisotopic (exact) mass is 257 g/mol. The molecule has 0 amide bonds. The fourth-order valence-corrected chi connectivity index (χ4v) is 2.49. The van der Waals surface area contributed by atoms with Crippen LogP contribution in [0.15, 0.2) is 30.7 Å². The summed E-state index contributed by atoms with van der Waals surface area (Å²) < 4.78 is 2.18. The van der Waals surface area contributed by atoms with Crippen molar-refractivity contribution in [2.24, 2.45) is 11.7 Å². The molecule has 19 heavy (non-hydrogen) atoms. The Morgan fingerprint density at radius 2 is 2.00 bits per heavy atom. The van der Waals surface area contributed by atoms with Gasteiger partial charge in [-0.2, -0.15) is 0 Å². The number of nitrogens with two attached hydrogens (primary N) is 1. The Labute approximate surface area is 115 Å². The summed E-state index contributed by atoms with van der Waals surface area (Å²) >= 11 is 0. The van der Waals surface area contributed by atoms with Gasteiger partial charge in [0.2, 0.25) is 0 Å². The molecule has 1 heterocycles. The summed E-state index contributed by atoms with van der Waals surface area (Å²) in [6, 6.07) is 6.49. The first kappa shape index (κ1) is 13.8. The van der Waals surface area contributed by atoms with Gasteiger partial charge in [-0.15, -0.1) is 0 Å². The van der Waals surface area contributed by atoms with E-state index in [-0.39, 0.29) is 0 Å². The van der Waals surface area contributed by atoms with Crippen molar-refractivity contribution in [1.29, 1.82) is 0 Å². The number of nitrogens with zero attached hydrogens (tertiary/aromatic N) is 2. The van der Waals surface area contributed by atoms with Crippen molar-refractivity contribution < 1.29 is 0 Å². The number of imidazole rings is 1. The minimum Gasteiger partial charge on any atom is -0.330 e. The molecule has 0 radical (unpaired) electrons. The van der Waals surface area contributed by atoms with Crippen LogP contribution in [0.2, 0.25) is 0 Å². The molecular weight excluding hydrogens is 234 g/mol. The molecule has 3 nitrogen and oxygen atoms in total. The Kier molecular flexibility index (Phi) is 4.05. The van der Waals surface area contributed by atoms with E-state index in [9.17, 15) is 0 Å². The summed E-state index contributed by atoms with van der Waals surface area (Å²) in [6.45, 7) is 9.30. The first-order valence-electron chi connectivity index (χ1n) is 6.84. The molecule has 1 aromatic heterocycles. The third-order valence-corrected chi connectivity index (χ3v) is 3.73. The van der Waals surface area contributed by atoms with E-state index in [2.05, 4.69) is 55.4 Å². The predicted molar refractivity (Wildman–Crippen MR) is 79.7 cm³/mol. The number of aromatic nitrogens is 2. The second kappa shape index (κ2) is 5.57. The fourth-order valence-electron chi connectivity index (χ4n) is 2.49. The lowest BCUT2D eigenvalue weighted by molar-refractivity contribution is 0.489. The quantitative estimate of drug-likeness (QED) is 0.914. The molecule has 102 valence electrons. The third kappa shape index (κ3) is 2.71. The van der Waals surface area contributed by atoms with Crippen molar-refractivity contribution in [2.75, 3.05) is 6.54 Å². The molecule has 0 spiro atoms. The summed E-state index contributed by atoms with van der Waals surface area (Å²) in [5.74, 6) is 0.841. The van der Waals surface area contributed by atoms with E-state index in [4.69, 9.17) is 5.73 Å². The second-order valence-electron chi connectivity index (χ2n) is 5.56. The zero-order valence-corrected chi connectivity index (χ0v) is 12.2. The Morgan fingerprint density at radius 3 is 2.63 bits per heavy atom. The van der Waals surface area contributed by atoms with E-state index in [1.807, 2.05) is 12.5 Å². The summed E-state index contributed by atoms with van der Waals surface area (Å²) in [7, 11) is 0. The van der Waals surface area contributed by atoms with Gasteiger partial charge < -0.3 is 10.3 Å². The molecular formula is C16H23N3.